The molecule has 3 atom stereocenters. The van der Waals surface area contributed by atoms with Crippen LogP contribution in [-0.2, 0) is 25.4 Å². The van der Waals surface area contributed by atoms with Crippen LogP contribution in [0.15, 0.2) is 61.2 Å². The van der Waals surface area contributed by atoms with Gasteiger partial charge in [-0.15, -0.1) is 0 Å². The molecule has 2 heterocycles. The Kier molecular flexibility index (Phi) is 9.42. The maximum atomic E-state index is 14.0. The number of imidazole rings is 1. The van der Waals surface area contributed by atoms with E-state index in [0.29, 0.717) is 28.5 Å². The SMILES string of the molecule is CC(C)OC(=O)[C@H](C)NP(=O)(CO[C@H](C)Cn1cnc2c(N)ncnc21)Oc1ccc(-c2ccc(Cl)cc2)cc1. The van der Waals surface area contributed by atoms with Crippen molar-refractivity contribution in [2.24, 2.45) is 0 Å². The first kappa shape index (κ1) is 29.5. The van der Waals surface area contributed by atoms with E-state index in [9.17, 15) is 9.36 Å². The lowest BCUT2D eigenvalue weighted by molar-refractivity contribution is -0.149. The number of halogens is 1. The highest BCUT2D eigenvalue weighted by atomic mass is 35.5. The van der Waals surface area contributed by atoms with E-state index in [0.717, 1.165) is 11.1 Å². The van der Waals surface area contributed by atoms with Crippen molar-refractivity contribution >= 4 is 42.1 Å². The summed E-state index contributed by atoms with van der Waals surface area (Å²) in [6.45, 7) is 7.22. The van der Waals surface area contributed by atoms with Crippen LogP contribution in [0.3, 0.4) is 0 Å². The van der Waals surface area contributed by atoms with E-state index in [1.807, 2.05) is 43.3 Å². The minimum Gasteiger partial charge on any atom is -0.462 e. The number of nitrogens with zero attached hydrogens (tertiary/aromatic N) is 4. The Morgan fingerprint density at radius 2 is 1.68 bits per heavy atom. The molecule has 0 aliphatic rings. The van der Waals surface area contributed by atoms with Crippen LogP contribution >= 0.6 is 19.1 Å². The fourth-order valence-electron chi connectivity index (χ4n) is 3.88. The molecular formula is C27H32ClN6O5P. The lowest BCUT2D eigenvalue weighted by atomic mass is 10.1. The van der Waals surface area contributed by atoms with Gasteiger partial charge in [-0.3, -0.25) is 9.36 Å². The molecule has 0 spiro atoms. The molecule has 4 aromatic rings. The smallest absolute Gasteiger partial charge is 0.342 e. The van der Waals surface area contributed by atoms with Crippen LogP contribution in [0.4, 0.5) is 5.82 Å². The van der Waals surface area contributed by atoms with Crippen LogP contribution in [0.2, 0.25) is 5.02 Å². The number of nitrogens with one attached hydrogen (secondary N) is 1. The standard InChI is InChI=1S/C27H32ClN6O5P/c1-17(2)38-27(35)19(4)33-40(36,39-23-11-7-21(8-12-23)20-5-9-22(28)10-6-20)16-37-18(3)13-34-15-32-24-25(29)30-14-31-26(24)34/h5-12,14-15,17-19H,13,16H2,1-4H3,(H,33,36)(H2,29,30,31)/t18-,19+,40?/m1/s1. The second-order valence-electron chi connectivity index (χ2n) is 9.57. The van der Waals surface area contributed by atoms with Crippen molar-refractivity contribution in [2.45, 2.75) is 52.5 Å². The number of ether oxygens (including phenoxy) is 2. The molecule has 0 saturated carbocycles. The minimum absolute atomic E-state index is 0.281. The third-order valence-corrected chi connectivity index (χ3v) is 7.82. The van der Waals surface area contributed by atoms with Gasteiger partial charge in [-0.05, 0) is 63.1 Å². The molecule has 3 N–H and O–H groups in total. The Hall–Kier alpha value is -3.50. The summed E-state index contributed by atoms with van der Waals surface area (Å²) in [5.41, 5.74) is 8.83. The zero-order valence-corrected chi connectivity index (χ0v) is 24.3. The summed E-state index contributed by atoms with van der Waals surface area (Å²) >= 11 is 5.99. The highest BCUT2D eigenvalue weighted by Gasteiger charge is 2.32. The molecule has 0 bridgehead atoms. The Labute approximate surface area is 237 Å². The summed E-state index contributed by atoms with van der Waals surface area (Å²) in [7, 11) is -3.75. The van der Waals surface area contributed by atoms with Crippen LogP contribution in [0.5, 0.6) is 5.75 Å². The normalized spacial score (nSPS) is 14.6. The van der Waals surface area contributed by atoms with E-state index in [4.69, 9.17) is 31.3 Å². The summed E-state index contributed by atoms with van der Waals surface area (Å²) in [6.07, 6.45) is 1.91. The van der Waals surface area contributed by atoms with Gasteiger partial charge in [0.25, 0.3) is 0 Å². The monoisotopic (exact) mass is 586 g/mol. The summed E-state index contributed by atoms with van der Waals surface area (Å²) < 4.78 is 32.9. The lowest BCUT2D eigenvalue weighted by Crippen LogP contribution is -2.37. The number of nitrogen functional groups attached to an aromatic ring is 1. The fourth-order valence-corrected chi connectivity index (χ4v) is 5.79. The van der Waals surface area contributed by atoms with E-state index < -0.39 is 25.6 Å². The molecule has 11 nitrogen and oxygen atoms in total. The van der Waals surface area contributed by atoms with Gasteiger partial charge in [-0.25, -0.2) is 20.0 Å². The van der Waals surface area contributed by atoms with E-state index in [1.54, 1.807) is 43.8 Å². The molecule has 4 rings (SSSR count). The molecule has 2 aromatic carbocycles. The predicted octanol–water partition coefficient (Wildman–Crippen LogP) is 5.29. The van der Waals surface area contributed by atoms with Crippen molar-refractivity contribution in [2.75, 3.05) is 12.1 Å². The van der Waals surface area contributed by atoms with Gasteiger partial charge in [0, 0.05) is 5.02 Å². The molecule has 2 aromatic heterocycles. The average Bonchev–Trinajstić information content (AvgIpc) is 3.32. The Morgan fingerprint density at radius 1 is 1.02 bits per heavy atom. The number of carbonyl (C=O) groups excluding carboxylic acids is 1. The molecular weight excluding hydrogens is 555 g/mol. The predicted molar refractivity (Wildman–Crippen MR) is 154 cm³/mol. The topological polar surface area (TPSA) is 143 Å². The summed E-state index contributed by atoms with van der Waals surface area (Å²) in [5.74, 6) is 0.0814. The lowest BCUT2D eigenvalue weighted by Gasteiger charge is -2.25. The van der Waals surface area contributed by atoms with E-state index in [-0.39, 0.29) is 18.3 Å². The van der Waals surface area contributed by atoms with Gasteiger partial charge in [-0.2, -0.15) is 0 Å². The van der Waals surface area contributed by atoms with Gasteiger partial charge >= 0.3 is 13.5 Å². The molecule has 0 fully saturated rings. The van der Waals surface area contributed by atoms with Crippen LogP contribution in [-0.4, -0.2) is 50.1 Å². The number of esters is 1. The molecule has 1 unspecified atom stereocenters. The number of anilines is 1. The number of carbonyl (C=O) groups is 1. The highest BCUT2D eigenvalue weighted by Crippen LogP contribution is 2.44. The van der Waals surface area contributed by atoms with Crippen molar-refractivity contribution in [1.29, 1.82) is 0 Å². The summed E-state index contributed by atoms with van der Waals surface area (Å²) in [6, 6.07) is 13.6. The summed E-state index contributed by atoms with van der Waals surface area (Å²) in [4.78, 5) is 24.9. The third-order valence-electron chi connectivity index (χ3n) is 5.79. The van der Waals surface area contributed by atoms with Crippen molar-refractivity contribution in [3.05, 3.63) is 66.2 Å². The quantitative estimate of drug-likeness (QED) is 0.166. The second kappa shape index (κ2) is 12.8. The zero-order valence-electron chi connectivity index (χ0n) is 22.7. The average molecular weight is 587 g/mol. The molecule has 0 saturated heterocycles. The van der Waals surface area contributed by atoms with Crippen LogP contribution in [0.25, 0.3) is 22.3 Å². The Bertz CT molecular complexity index is 1500. The minimum atomic E-state index is -3.75. The Morgan fingerprint density at radius 3 is 2.33 bits per heavy atom. The van der Waals surface area contributed by atoms with Gasteiger partial charge < -0.3 is 24.3 Å². The number of fused-ring (bicyclic) bond motifs is 1. The second-order valence-corrected chi connectivity index (χ2v) is 12.0. The van der Waals surface area contributed by atoms with Gasteiger partial charge in [0.1, 0.15) is 30.0 Å². The van der Waals surface area contributed by atoms with Crippen molar-refractivity contribution < 1.29 is 23.4 Å². The van der Waals surface area contributed by atoms with E-state index in [2.05, 4.69) is 20.0 Å². The number of hydrogen-bond acceptors (Lipinski definition) is 9. The molecule has 212 valence electrons. The molecule has 13 heteroatoms. The zero-order chi connectivity index (χ0) is 28.9. The maximum absolute atomic E-state index is 14.0. The molecule has 0 amide bonds. The van der Waals surface area contributed by atoms with Crippen molar-refractivity contribution in [3.63, 3.8) is 0 Å². The highest BCUT2D eigenvalue weighted by molar-refractivity contribution is 7.57. The number of nitrogens with two attached hydrogens (primary N) is 1. The largest absolute Gasteiger partial charge is 0.462 e. The molecule has 40 heavy (non-hydrogen) atoms. The van der Waals surface area contributed by atoms with Crippen LogP contribution in [0, 0.1) is 0 Å². The molecule has 0 radical (unpaired) electrons. The van der Waals surface area contributed by atoms with Gasteiger partial charge in [0.2, 0.25) is 0 Å². The summed E-state index contributed by atoms with van der Waals surface area (Å²) in [5, 5.41) is 3.46. The van der Waals surface area contributed by atoms with Crippen molar-refractivity contribution in [3.8, 4) is 16.9 Å². The van der Waals surface area contributed by atoms with Gasteiger partial charge in [0.15, 0.2) is 11.5 Å². The maximum Gasteiger partial charge on any atom is 0.342 e. The molecule has 0 aliphatic carbocycles. The number of benzene rings is 2. The molecule has 0 aliphatic heterocycles. The van der Waals surface area contributed by atoms with Gasteiger partial charge in [0.05, 0.1) is 25.1 Å². The van der Waals surface area contributed by atoms with Crippen molar-refractivity contribution in [1.82, 2.24) is 24.6 Å². The number of hydrogen-bond donors (Lipinski definition) is 2. The Balaban J connectivity index is 1.48. The van der Waals surface area contributed by atoms with E-state index >= 15 is 0 Å². The fraction of sp³-hybridized carbons (Fsp3) is 0.333. The number of aromatic nitrogens is 4. The first-order chi connectivity index (χ1) is 19.0. The number of rotatable bonds is 12. The first-order valence-corrected chi connectivity index (χ1v) is 14.9. The first-order valence-electron chi connectivity index (χ1n) is 12.7. The van der Waals surface area contributed by atoms with E-state index in [1.165, 1.54) is 6.33 Å². The van der Waals surface area contributed by atoms with Crippen LogP contribution in [0.1, 0.15) is 27.7 Å². The third kappa shape index (κ3) is 7.57. The van der Waals surface area contributed by atoms with Gasteiger partial charge in [-0.1, -0.05) is 35.9 Å². The van der Waals surface area contributed by atoms with Crippen LogP contribution < -0.4 is 15.3 Å².